The van der Waals surface area contributed by atoms with Crippen LogP contribution in [0.4, 0.5) is 5.69 Å². The Bertz CT molecular complexity index is 431. The van der Waals surface area contributed by atoms with Crippen molar-refractivity contribution in [3.05, 3.63) is 39.9 Å². The fourth-order valence-corrected chi connectivity index (χ4v) is 1.73. The van der Waals surface area contributed by atoms with Gasteiger partial charge in [-0.1, -0.05) is 12.1 Å². The summed E-state index contributed by atoms with van der Waals surface area (Å²) in [5.41, 5.74) is 1.16. The molecule has 0 saturated carbocycles. The molecule has 0 atom stereocenters. The summed E-state index contributed by atoms with van der Waals surface area (Å²) in [6.07, 6.45) is 1.98. The molecule has 0 aromatic heterocycles. The summed E-state index contributed by atoms with van der Waals surface area (Å²) in [5.74, 6) is -0.162. The number of nitrogens with one attached hydrogen (secondary N) is 1. The molecule has 0 aliphatic rings. The highest BCUT2D eigenvalue weighted by atomic mass is 16.6. The number of nitrogens with zero attached hydrogens (tertiary/aromatic N) is 1. The van der Waals surface area contributed by atoms with Crippen LogP contribution in [0.5, 0.6) is 0 Å². The lowest BCUT2D eigenvalue weighted by Crippen LogP contribution is -2.19. The Balaban J connectivity index is 2.12. The SMILES string of the molecule is CCOC(=O)CCCNCCc1ccc([N+](=O)[O-])cc1. The molecule has 1 rings (SSSR count). The molecule has 0 heterocycles. The largest absolute Gasteiger partial charge is 0.466 e. The molecule has 1 aromatic carbocycles. The topological polar surface area (TPSA) is 81.5 Å². The molecule has 110 valence electrons. The van der Waals surface area contributed by atoms with Crippen LogP contribution < -0.4 is 5.32 Å². The minimum absolute atomic E-state index is 0.108. The van der Waals surface area contributed by atoms with Gasteiger partial charge in [-0.3, -0.25) is 14.9 Å². The van der Waals surface area contributed by atoms with Gasteiger partial charge in [-0.2, -0.15) is 0 Å². The quantitative estimate of drug-likeness (QED) is 0.324. The second kappa shape index (κ2) is 9.03. The molecule has 0 aliphatic heterocycles. The predicted molar refractivity (Wildman–Crippen MR) is 75.5 cm³/mol. The molecule has 1 N–H and O–H groups in total. The number of rotatable bonds is 9. The van der Waals surface area contributed by atoms with Crippen molar-refractivity contribution in [2.24, 2.45) is 0 Å². The predicted octanol–water partition coefficient (Wildman–Crippen LogP) is 2.07. The number of carbonyl (C=O) groups excluding carboxylic acids is 1. The third-order valence-corrected chi connectivity index (χ3v) is 2.78. The molecule has 0 saturated heterocycles. The van der Waals surface area contributed by atoms with Gasteiger partial charge in [0.05, 0.1) is 11.5 Å². The molecule has 6 heteroatoms. The van der Waals surface area contributed by atoms with Gasteiger partial charge in [0.2, 0.25) is 0 Å². The summed E-state index contributed by atoms with van der Waals surface area (Å²) in [6, 6.07) is 6.54. The Hall–Kier alpha value is -1.95. The van der Waals surface area contributed by atoms with E-state index < -0.39 is 4.92 Å². The molecule has 0 aliphatic carbocycles. The van der Waals surface area contributed by atoms with E-state index in [-0.39, 0.29) is 11.7 Å². The van der Waals surface area contributed by atoms with Crippen LogP contribution >= 0.6 is 0 Å². The van der Waals surface area contributed by atoms with Gasteiger partial charge in [0.25, 0.3) is 5.69 Å². The lowest BCUT2D eigenvalue weighted by atomic mass is 10.1. The van der Waals surface area contributed by atoms with Gasteiger partial charge in [0, 0.05) is 18.6 Å². The normalized spacial score (nSPS) is 10.2. The maximum Gasteiger partial charge on any atom is 0.305 e. The molecule has 0 fully saturated rings. The van der Waals surface area contributed by atoms with E-state index in [1.165, 1.54) is 12.1 Å². The average molecular weight is 280 g/mol. The number of esters is 1. The zero-order valence-electron chi connectivity index (χ0n) is 11.6. The zero-order chi connectivity index (χ0) is 14.8. The molecule has 0 spiro atoms. The van der Waals surface area contributed by atoms with E-state index in [4.69, 9.17) is 4.74 Å². The van der Waals surface area contributed by atoms with Crippen molar-refractivity contribution in [2.45, 2.75) is 26.2 Å². The standard InChI is InChI=1S/C14H20N2O4/c1-2-20-14(17)4-3-10-15-11-9-12-5-7-13(8-6-12)16(18)19/h5-8,15H,2-4,9-11H2,1H3. The van der Waals surface area contributed by atoms with Crippen LogP contribution in [0.25, 0.3) is 0 Å². The molecular weight excluding hydrogens is 260 g/mol. The summed E-state index contributed by atoms with van der Waals surface area (Å²) >= 11 is 0. The van der Waals surface area contributed by atoms with E-state index in [1.54, 1.807) is 19.1 Å². The van der Waals surface area contributed by atoms with Gasteiger partial charge in [-0.15, -0.1) is 0 Å². The van der Waals surface area contributed by atoms with Gasteiger partial charge in [0.1, 0.15) is 0 Å². The summed E-state index contributed by atoms with van der Waals surface area (Å²) < 4.78 is 4.83. The molecule has 0 radical (unpaired) electrons. The Kier molecular flexibility index (Phi) is 7.27. The Morgan fingerprint density at radius 1 is 1.30 bits per heavy atom. The van der Waals surface area contributed by atoms with Crippen LogP contribution in [0.3, 0.4) is 0 Å². The van der Waals surface area contributed by atoms with Crippen molar-refractivity contribution in [2.75, 3.05) is 19.7 Å². The minimum Gasteiger partial charge on any atom is -0.466 e. The second-order valence-corrected chi connectivity index (χ2v) is 4.33. The van der Waals surface area contributed by atoms with E-state index >= 15 is 0 Å². The highest BCUT2D eigenvalue weighted by molar-refractivity contribution is 5.69. The Morgan fingerprint density at radius 2 is 2.00 bits per heavy atom. The zero-order valence-corrected chi connectivity index (χ0v) is 11.6. The van der Waals surface area contributed by atoms with E-state index in [0.29, 0.717) is 13.0 Å². The van der Waals surface area contributed by atoms with Crippen LogP contribution in [0.2, 0.25) is 0 Å². The fourth-order valence-electron chi connectivity index (χ4n) is 1.73. The van der Waals surface area contributed by atoms with Crippen LogP contribution in [-0.2, 0) is 16.0 Å². The fraction of sp³-hybridized carbons (Fsp3) is 0.500. The maximum absolute atomic E-state index is 11.1. The number of hydrogen-bond acceptors (Lipinski definition) is 5. The molecule has 0 unspecified atom stereocenters. The van der Waals surface area contributed by atoms with E-state index in [1.807, 2.05) is 0 Å². The van der Waals surface area contributed by atoms with Crippen molar-refractivity contribution in [3.8, 4) is 0 Å². The number of ether oxygens (including phenoxy) is 1. The maximum atomic E-state index is 11.1. The molecule has 6 nitrogen and oxygen atoms in total. The monoisotopic (exact) mass is 280 g/mol. The number of non-ortho nitro benzene ring substituents is 1. The molecule has 20 heavy (non-hydrogen) atoms. The van der Waals surface area contributed by atoms with E-state index in [2.05, 4.69) is 5.32 Å². The molecule has 1 aromatic rings. The van der Waals surface area contributed by atoms with Crippen molar-refractivity contribution < 1.29 is 14.5 Å². The van der Waals surface area contributed by atoms with Gasteiger partial charge in [0.15, 0.2) is 0 Å². The Morgan fingerprint density at radius 3 is 2.60 bits per heavy atom. The summed E-state index contributed by atoms with van der Waals surface area (Å²) in [4.78, 5) is 21.2. The van der Waals surface area contributed by atoms with Crippen molar-refractivity contribution in [1.29, 1.82) is 0 Å². The number of nitro groups is 1. The Labute approximate surface area is 118 Å². The molecule has 0 amide bonds. The van der Waals surface area contributed by atoms with Gasteiger partial charge in [-0.25, -0.2) is 0 Å². The van der Waals surface area contributed by atoms with E-state index in [0.717, 1.165) is 31.5 Å². The van der Waals surface area contributed by atoms with Gasteiger partial charge in [-0.05, 0) is 38.4 Å². The van der Waals surface area contributed by atoms with Crippen LogP contribution in [0.15, 0.2) is 24.3 Å². The number of benzene rings is 1. The third kappa shape index (κ3) is 6.29. The van der Waals surface area contributed by atoms with E-state index in [9.17, 15) is 14.9 Å². The van der Waals surface area contributed by atoms with Crippen molar-refractivity contribution in [1.82, 2.24) is 5.32 Å². The summed E-state index contributed by atoms with van der Waals surface area (Å²) in [6.45, 7) is 3.75. The van der Waals surface area contributed by atoms with Crippen LogP contribution in [-0.4, -0.2) is 30.6 Å². The highest BCUT2D eigenvalue weighted by Gasteiger charge is 2.03. The first-order chi connectivity index (χ1) is 9.63. The molecule has 0 bridgehead atoms. The first-order valence-corrected chi connectivity index (χ1v) is 6.73. The van der Waals surface area contributed by atoms with Crippen LogP contribution in [0, 0.1) is 10.1 Å². The third-order valence-electron chi connectivity index (χ3n) is 2.78. The second-order valence-electron chi connectivity index (χ2n) is 4.33. The highest BCUT2D eigenvalue weighted by Crippen LogP contribution is 2.11. The number of nitro benzene ring substituents is 1. The van der Waals surface area contributed by atoms with Gasteiger partial charge >= 0.3 is 5.97 Å². The van der Waals surface area contributed by atoms with Crippen molar-refractivity contribution >= 4 is 11.7 Å². The molecular formula is C14H20N2O4. The lowest BCUT2D eigenvalue weighted by Gasteiger charge is -2.05. The van der Waals surface area contributed by atoms with Crippen LogP contribution in [0.1, 0.15) is 25.3 Å². The summed E-state index contributed by atoms with van der Waals surface area (Å²) in [5, 5.41) is 13.7. The van der Waals surface area contributed by atoms with Gasteiger partial charge < -0.3 is 10.1 Å². The first-order valence-electron chi connectivity index (χ1n) is 6.73. The summed E-state index contributed by atoms with van der Waals surface area (Å²) in [7, 11) is 0. The first kappa shape index (κ1) is 16.1. The smallest absolute Gasteiger partial charge is 0.305 e. The van der Waals surface area contributed by atoms with Crippen molar-refractivity contribution in [3.63, 3.8) is 0 Å². The number of carbonyl (C=O) groups is 1. The minimum atomic E-state index is -0.405. The average Bonchev–Trinajstić information content (AvgIpc) is 2.43. The lowest BCUT2D eigenvalue weighted by molar-refractivity contribution is -0.384. The number of hydrogen-bond donors (Lipinski definition) is 1.